The van der Waals surface area contributed by atoms with Crippen LogP contribution in [0.1, 0.15) is 22.6 Å². The number of amides is 1. The molecule has 2 aromatic carbocycles. The monoisotopic (exact) mass is 337 g/mol. The number of nitrogens with one attached hydrogen (secondary N) is 1. The van der Waals surface area contributed by atoms with Crippen LogP contribution in [0.4, 0.5) is 6.01 Å². The van der Waals surface area contributed by atoms with E-state index >= 15 is 0 Å². The van der Waals surface area contributed by atoms with Crippen molar-refractivity contribution in [2.24, 2.45) is 0 Å². The van der Waals surface area contributed by atoms with E-state index in [-0.39, 0.29) is 18.5 Å². The third kappa shape index (κ3) is 4.67. The zero-order chi connectivity index (χ0) is 17.6. The second-order valence-electron chi connectivity index (χ2n) is 5.75. The van der Waals surface area contributed by atoms with Gasteiger partial charge in [0.05, 0.1) is 6.42 Å². The molecule has 6 nitrogen and oxygen atoms in total. The molecule has 3 aromatic rings. The van der Waals surface area contributed by atoms with Gasteiger partial charge in [0, 0.05) is 0 Å². The molecule has 0 unspecified atom stereocenters. The first-order chi connectivity index (χ1) is 12.1. The fourth-order valence-electron chi connectivity index (χ4n) is 2.28. The Balaban J connectivity index is 1.54. The number of anilines is 1. The average molecular weight is 337 g/mol. The SMILES string of the molecule is Cc1ccc(Cc2nnc(NC(=O)COc3ccccc3)o2)cc1C. The van der Waals surface area contributed by atoms with Gasteiger partial charge in [0.1, 0.15) is 5.75 Å². The van der Waals surface area contributed by atoms with Crippen molar-refractivity contribution in [2.45, 2.75) is 20.3 Å². The molecule has 0 saturated heterocycles. The lowest BCUT2D eigenvalue weighted by Crippen LogP contribution is -2.20. The largest absolute Gasteiger partial charge is 0.484 e. The van der Waals surface area contributed by atoms with Crippen LogP contribution >= 0.6 is 0 Å². The maximum Gasteiger partial charge on any atom is 0.322 e. The highest BCUT2D eigenvalue weighted by molar-refractivity contribution is 5.89. The van der Waals surface area contributed by atoms with E-state index in [1.807, 2.05) is 24.3 Å². The Morgan fingerprint density at radius 1 is 1.08 bits per heavy atom. The lowest BCUT2D eigenvalue weighted by Gasteiger charge is -2.04. The van der Waals surface area contributed by atoms with Crippen LogP contribution < -0.4 is 10.1 Å². The maximum atomic E-state index is 11.9. The van der Waals surface area contributed by atoms with Crippen molar-refractivity contribution in [3.8, 4) is 5.75 Å². The fourth-order valence-corrected chi connectivity index (χ4v) is 2.28. The van der Waals surface area contributed by atoms with E-state index < -0.39 is 0 Å². The topological polar surface area (TPSA) is 77.2 Å². The maximum absolute atomic E-state index is 11.9. The van der Waals surface area contributed by atoms with Crippen LogP contribution in [0, 0.1) is 13.8 Å². The Morgan fingerprint density at radius 2 is 1.88 bits per heavy atom. The smallest absolute Gasteiger partial charge is 0.322 e. The summed E-state index contributed by atoms with van der Waals surface area (Å²) in [5.41, 5.74) is 3.53. The van der Waals surface area contributed by atoms with E-state index in [9.17, 15) is 4.79 Å². The summed E-state index contributed by atoms with van der Waals surface area (Å²) in [6.45, 7) is 4.00. The van der Waals surface area contributed by atoms with Gasteiger partial charge in [0.25, 0.3) is 5.91 Å². The first kappa shape index (κ1) is 16.7. The average Bonchev–Trinajstić information content (AvgIpc) is 3.04. The molecule has 1 amide bonds. The third-order valence-electron chi connectivity index (χ3n) is 3.75. The van der Waals surface area contributed by atoms with Gasteiger partial charge in [0.15, 0.2) is 6.61 Å². The molecule has 0 fully saturated rings. The summed E-state index contributed by atoms with van der Waals surface area (Å²) in [5.74, 6) is 0.714. The van der Waals surface area contributed by atoms with E-state index in [1.54, 1.807) is 12.1 Å². The molecule has 0 saturated carbocycles. The molecule has 0 aliphatic rings. The Labute approximate surface area is 145 Å². The van der Waals surface area contributed by atoms with Crippen LogP contribution in [0.3, 0.4) is 0 Å². The number of benzene rings is 2. The third-order valence-corrected chi connectivity index (χ3v) is 3.75. The molecule has 0 aliphatic carbocycles. The van der Waals surface area contributed by atoms with E-state index in [0.717, 1.165) is 5.56 Å². The van der Waals surface area contributed by atoms with Gasteiger partial charge in [-0.15, -0.1) is 5.10 Å². The molecule has 0 atom stereocenters. The van der Waals surface area contributed by atoms with Crippen molar-refractivity contribution in [3.05, 3.63) is 71.1 Å². The fraction of sp³-hybridized carbons (Fsp3) is 0.211. The number of aromatic nitrogens is 2. The minimum atomic E-state index is -0.356. The highest BCUT2D eigenvalue weighted by atomic mass is 16.5. The molecular formula is C19H19N3O3. The highest BCUT2D eigenvalue weighted by Crippen LogP contribution is 2.15. The molecule has 6 heteroatoms. The zero-order valence-electron chi connectivity index (χ0n) is 14.2. The molecule has 0 radical (unpaired) electrons. The Hall–Kier alpha value is -3.15. The number of carbonyl (C=O) groups is 1. The van der Waals surface area contributed by atoms with E-state index in [1.165, 1.54) is 11.1 Å². The van der Waals surface area contributed by atoms with Gasteiger partial charge in [-0.2, -0.15) is 0 Å². The molecule has 1 heterocycles. The van der Waals surface area contributed by atoms with Crippen LogP contribution in [0.2, 0.25) is 0 Å². The second-order valence-corrected chi connectivity index (χ2v) is 5.75. The van der Waals surface area contributed by atoms with Gasteiger partial charge in [-0.3, -0.25) is 10.1 Å². The van der Waals surface area contributed by atoms with Crippen LogP contribution in [0.25, 0.3) is 0 Å². The van der Waals surface area contributed by atoms with E-state index in [0.29, 0.717) is 18.1 Å². The van der Waals surface area contributed by atoms with Gasteiger partial charge >= 0.3 is 6.01 Å². The Kier molecular flexibility index (Phi) is 5.09. The summed E-state index contributed by atoms with van der Waals surface area (Å²) >= 11 is 0. The van der Waals surface area contributed by atoms with Crippen molar-refractivity contribution in [1.82, 2.24) is 10.2 Å². The van der Waals surface area contributed by atoms with Crippen LogP contribution in [-0.2, 0) is 11.2 Å². The molecule has 25 heavy (non-hydrogen) atoms. The molecule has 0 spiro atoms. The Morgan fingerprint density at radius 3 is 2.64 bits per heavy atom. The molecule has 0 bridgehead atoms. The standard InChI is InChI=1S/C19H19N3O3/c1-13-8-9-15(10-14(13)2)11-18-21-22-19(25-18)20-17(23)12-24-16-6-4-3-5-7-16/h3-10H,11-12H2,1-2H3,(H,20,22,23). The minimum Gasteiger partial charge on any atom is -0.484 e. The van der Waals surface area contributed by atoms with Crippen molar-refractivity contribution >= 4 is 11.9 Å². The molecule has 128 valence electrons. The number of ether oxygens (including phenoxy) is 1. The van der Waals surface area contributed by atoms with Crippen LogP contribution in [0.15, 0.2) is 52.9 Å². The number of hydrogen-bond acceptors (Lipinski definition) is 5. The van der Waals surface area contributed by atoms with Gasteiger partial charge in [-0.25, -0.2) is 0 Å². The predicted molar refractivity (Wildman–Crippen MR) is 93.6 cm³/mol. The number of carbonyl (C=O) groups excluding carboxylic acids is 1. The van der Waals surface area contributed by atoms with Gasteiger partial charge in [-0.05, 0) is 42.7 Å². The molecule has 0 aliphatic heterocycles. The molecule has 3 rings (SSSR count). The number of rotatable bonds is 6. The lowest BCUT2D eigenvalue weighted by atomic mass is 10.0. The zero-order valence-corrected chi connectivity index (χ0v) is 14.2. The Bertz CT molecular complexity index is 859. The summed E-state index contributed by atoms with van der Waals surface area (Å²) < 4.78 is 10.8. The summed E-state index contributed by atoms with van der Waals surface area (Å²) in [4.78, 5) is 11.9. The van der Waals surface area contributed by atoms with Gasteiger partial charge in [0.2, 0.25) is 5.89 Å². The number of para-hydroxylation sites is 1. The lowest BCUT2D eigenvalue weighted by molar-refractivity contribution is -0.118. The van der Waals surface area contributed by atoms with Crippen molar-refractivity contribution < 1.29 is 13.9 Å². The summed E-state index contributed by atoms with van der Waals surface area (Å²) in [7, 11) is 0. The van der Waals surface area contributed by atoms with E-state index in [2.05, 4.69) is 41.5 Å². The van der Waals surface area contributed by atoms with Gasteiger partial charge < -0.3 is 9.15 Å². The second kappa shape index (κ2) is 7.61. The normalized spacial score (nSPS) is 10.5. The van der Waals surface area contributed by atoms with E-state index in [4.69, 9.17) is 9.15 Å². The minimum absolute atomic E-state index is 0.0699. The van der Waals surface area contributed by atoms with Crippen molar-refractivity contribution in [3.63, 3.8) is 0 Å². The molecule has 1 N–H and O–H groups in total. The van der Waals surface area contributed by atoms with Crippen molar-refractivity contribution in [1.29, 1.82) is 0 Å². The summed E-state index contributed by atoms with van der Waals surface area (Å²) in [6.07, 6.45) is 0.518. The van der Waals surface area contributed by atoms with Crippen LogP contribution in [0.5, 0.6) is 5.75 Å². The quantitative estimate of drug-likeness (QED) is 0.747. The van der Waals surface area contributed by atoms with Crippen LogP contribution in [-0.4, -0.2) is 22.7 Å². The predicted octanol–water partition coefficient (Wildman–Crippen LogP) is 3.29. The molecule has 1 aromatic heterocycles. The first-order valence-electron chi connectivity index (χ1n) is 7.96. The highest BCUT2D eigenvalue weighted by Gasteiger charge is 2.11. The summed E-state index contributed by atoms with van der Waals surface area (Å²) in [6, 6.07) is 15.4. The van der Waals surface area contributed by atoms with Crippen molar-refractivity contribution in [2.75, 3.05) is 11.9 Å². The number of nitrogens with zero attached hydrogens (tertiary/aromatic N) is 2. The van der Waals surface area contributed by atoms with Gasteiger partial charge in [-0.1, -0.05) is 41.5 Å². The summed E-state index contributed by atoms with van der Waals surface area (Å²) in [5, 5.41) is 10.3. The number of aryl methyl sites for hydroxylation is 2. The first-order valence-corrected chi connectivity index (χ1v) is 7.96. The molecular weight excluding hydrogens is 318 g/mol. The number of hydrogen-bond donors (Lipinski definition) is 1.